The summed E-state index contributed by atoms with van der Waals surface area (Å²) in [6.07, 6.45) is 0.242. The van der Waals surface area contributed by atoms with Crippen LogP contribution in [0.1, 0.15) is 54.6 Å². The summed E-state index contributed by atoms with van der Waals surface area (Å²) in [5, 5.41) is 9.59. The molecule has 0 aliphatic heterocycles. The third kappa shape index (κ3) is 7.09. The lowest BCUT2D eigenvalue weighted by atomic mass is 10.0. The minimum atomic E-state index is -0.480. The fourth-order valence-corrected chi connectivity index (χ4v) is 3.01. The van der Waals surface area contributed by atoms with Crippen molar-refractivity contribution in [3.05, 3.63) is 46.8 Å². The van der Waals surface area contributed by atoms with E-state index in [0.717, 1.165) is 17.7 Å². The Labute approximate surface area is 177 Å². The number of amides is 2. The van der Waals surface area contributed by atoms with Crippen molar-refractivity contribution < 1.29 is 23.6 Å². The van der Waals surface area contributed by atoms with Gasteiger partial charge in [0, 0.05) is 18.2 Å². The molecule has 0 saturated heterocycles. The highest BCUT2D eigenvalue weighted by atomic mass is 16.5. The van der Waals surface area contributed by atoms with E-state index in [1.807, 2.05) is 13.8 Å². The molecule has 2 aromatic rings. The van der Waals surface area contributed by atoms with E-state index in [2.05, 4.69) is 29.6 Å². The molecule has 0 aliphatic carbocycles. The molecule has 1 unspecified atom stereocenters. The molecule has 8 heteroatoms. The van der Waals surface area contributed by atoms with Crippen molar-refractivity contribution >= 4 is 12.0 Å². The molecule has 8 nitrogen and oxygen atoms in total. The van der Waals surface area contributed by atoms with Crippen molar-refractivity contribution in [2.45, 2.75) is 53.7 Å². The number of benzene rings is 1. The van der Waals surface area contributed by atoms with Crippen LogP contribution in [0.5, 0.6) is 5.75 Å². The van der Waals surface area contributed by atoms with Crippen molar-refractivity contribution in [3.63, 3.8) is 0 Å². The van der Waals surface area contributed by atoms with Gasteiger partial charge >= 0.3 is 6.09 Å². The highest BCUT2D eigenvalue weighted by Gasteiger charge is 2.17. The zero-order chi connectivity index (χ0) is 22.1. The summed E-state index contributed by atoms with van der Waals surface area (Å²) in [5.74, 6) is 1.41. The summed E-state index contributed by atoms with van der Waals surface area (Å²) in [4.78, 5) is 24.3. The summed E-state index contributed by atoms with van der Waals surface area (Å²) < 4.78 is 15.9. The lowest BCUT2D eigenvalue weighted by Gasteiger charge is -2.20. The molecule has 2 N–H and O–H groups in total. The second kappa shape index (κ2) is 11.2. The molecule has 0 saturated carbocycles. The van der Waals surface area contributed by atoms with Crippen molar-refractivity contribution in [2.75, 3.05) is 13.2 Å². The van der Waals surface area contributed by atoms with E-state index < -0.39 is 6.09 Å². The van der Waals surface area contributed by atoms with Gasteiger partial charge in [0.2, 0.25) is 0 Å². The topological polar surface area (TPSA) is 103 Å². The van der Waals surface area contributed by atoms with E-state index in [-0.39, 0.29) is 11.9 Å². The number of ether oxygens (including phenoxy) is 2. The highest BCUT2D eigenvalue weighted by Crippen LogP contribution is 2.18. The Kier molecular flexibility index (Phi) is 8.70. The number of hydrogen-bond donors (Lipinski definition) is 2. The number of aryl methyl sites for hydroxylation is 2. The van der Waals surface area contributed by atoms with Crippen LogP contribution < -0.4 is 15.4 Å². The average molecular weight is 418 g/mol. The number of hydrogen-bond acceptors (Lipinski definition) is 6. The third-order valence-electron chi connectivity index (χ3n) is 4.52. The molecule has 1 aromatic carbocycles. The fraction of sp³-hybridized carbons (Fsp3) is 0.500. The van der Waals surface area contributed by atoms with E-state index >= 15 is 0 Å². The van der Waals surface area contributed by atoms with Crippen LogP contribution in [0.3, 0.4) is 0 Å². The maximum atomic E-state index is 12.6. The minimum Gasteiger partial charge on any atom is -0.489 e. The quantitative estimate of drug-likeness (QED) is 0.610. The lowest BCUT2D eigenvalue weighted by Crippen LogP contribution is -2.44. The highest BCUT2D eigenvalue weighted by molar-refractivity contribution is 5.94. The van der Waals surface area contributed by atoms with Crippen LogP contribution in [-0.2, 0) is 11.3 Å². The van der Waals surface area contributed by atoms with Crippen molar-refractivity contribution in [1.29, 1.82) is 0 Å². The summed E-state index contributed by atoms with van der Waals surface area (Å²) in [7, 11) is 0. The Morgan fingerprint density at radius 1 is 1.23 bits per heavy atom. The van der Waals surface area contributed by atoms with E-state index in [1.165, 1.54) is 0 Å². The second-order valence-corrected chi connectivity index (χ2v) is 7.52. The van der Waals surface area contributed by atoms with Gasteiger partial charge in [0.05, 0.1) is 17.9 Å². The summed E-state index contributed by atoms with van der Waals surface area (Å²) in [6, 6.07) is 6.74. The average Bonchev–Trinajstić information content (AvgIpc) is 3.02. The molecule has 1 heterocycles. The Bertz CT molecular complexity index is 828. The Morgan fingerprint density at radius 3 is 2.63 bits per heavy atom. The number of carbonyl (C=O) groups is 2. The second-order valence-electron chi connectivity index (χ2n) is 7.52. The van der Waals surface area contributed by atoms with Crippen LogP contribution in [0.4, 0.5) is 4.79 Å². The van der Waals surface area contributed by atoms with E-state index in [9.17, 15) is 9.59 Å². The molecule has 0 fully saturated rings. The maximum Gasteiger partial charge on any atom is 0.407 e. The monoisotopic (exact) mass is 417 g/mol. The third-order valence-corrected chi connectivity index (χ3v) is 4.52. The number of nitrogens with zero attached hydrogens (tertiary/aromatic N) is 1. The van der Waals surface area contributed by atoms with Gasteiger partial charge in [0.15, 0.2) is 0 Å². The SMILES string of the molecule is CCOC(=O)NC(CNC(=O)c1cccc(OCc2c(C)noc2C)c1)CC(C)C. The molecule has 0 aliphatic rings. The lowest BCUT2D eigenvalue weighted by molar-refractivity contribution is 0.0944. The molecule has 0 radical (unpaired) electrons. The zero-order valence-electron chi connectivity index (χ0n) is 18.3. The predicted octanol–water partition coefficient (Wildman–Crippen LogP) is 3.76. The Morgan fingerprint density at radius 2 is 2.00 bits per heavy atom. The van der Waals surface area contributed by atoms with Crippen LogP contribution in [0, 0.1) is 19.8 Å². The molecule has 164 valence electrons. The van der Waals surface area contributed by atoms with Gasteiger partial charge in [0.1, 0.15) is 18.1 Å². The predicted molar refractivity (Wildman–Crippen MR) is 112 cm³/mol. The van der Waals surface area contributed by atoms with Gasteiger partial charge in [-0.25, -0.2) is 4.79 Å². The van der Waals surface area contributed by atoms with Gasteiger partial charge in [-0.2, -0.15) is 0 Å². The molecule has 1 atom stereocenters. The molecule has 2 amide bonds. The minimum absolute atomic E-state index is 0.216. The van der Waals surface area contributed by atoms with Gasteiger partial charge in [0.25, 0.3) is 5.91 Å². The number of carbonyl (C=O) groups excluding carboxylic acids is 2. The van der Waals surface area contributed by atoms with E-state index in [0.29, 0.717) is 42.7 Å². The first-order valence-corrected chi connectivity index (χ1v) is 10.2. The Balaban J connectivity index is 1.95. The molecule has 0 bridgehead atoms. The van der Waals surface area contributed by atoms with Gasteiger partial charge in [-0.05, 0) is 51.3 Å². The van der Waals surface area contributed by atoms with Crippen LogP contribution in [0.2, 0.25) is 0 Å². The largest absolute Gasteiger partial charge is 0.489 e. The maximum absolute atomic E-state index is 12.6. The number of nitrogens with one attached hydrogen (secondary N) is 2. The van der Waals surface area contributed by atoms with Gasteiger partial charge < -0.3 is 24.6 Å². The van der Waals surface area contributed by atoms with E-state index in [1.54, 1.807) is 31.2 Å². The van der Waals surface area contributed by atoms with E-state index in [4.69, 9.17) is 14.0 Å². The molecular weight excluding hydrogens is 386 g/mol. The number of aromatic nitrogens is 1. The van der Waals surface area contributed by atoms with Crippen molar-refractivity contribution in [3.8, 4) is 5.75 Å². The summed E-state index contributed by atoms with van der Waals surface area (Å²) >= 11 is 0. The standard InChI is InChI=1S/C22H31N3O5/c1-6-28-22(27)24-18(10-14(2)3)12-23-21(26)17-8-7-9-19(11-17)29-13-20-15(4)25-30-16(20)5/h7-9,11,14,18H,6,10,12-13H2,1-5H3,(H,23,26)(H,24,27). The summed E-state index contributed by atoms with van der Waals surface area (Å²) in [5.41, 5.74) is 2.16. The van der Waals surface area contributed by atoms with Gasteiger partial charge in [-0.15, -0.1) is 0 Å². The van der Waals surface area contributed by atoms with Crippen LogP contribution >= 0.6 is 0 Å². The number of rotatable bonds is 10. The fourth-order valence-electron chi connectivity index (χ4n) is 3.01. The molecule has 1 aromatic heterocycles. The summed E-state index contributed by atoms with van der Waals surface area (Å²) in [6.45, 7) is 10.5. The first-order valence-electron chi connectivity index (χ1n) is 10.2. The smallest absolute Gasteiger partial charge is 0.407 e. The first-order chi connectivity index (χ1) is 14.3. The zero-order valence-corrected chi connectivity index (χ0v) is 18.3. The normalized spacial score (nSPS) is 11.8. The molecule has 0 spiro atoms. The van der Waals surface area contributed by atoms with Crippen LogP contribution in [0.25, 0.3) is 0 Å². The van der Waals surface area contributed by atoms with Gasteiger partial charge in [-0.3, -0.25) is 4.79 Å². The van der Waals surface area contributed by atoms with Gasteiger partial charge in [-0.1, -0.05) is 25.1 Å². The van der Waals surface area contributed by atoms with Crippen molar-refractivity contribution in [1.82, 2.24) is 15.8 Å². The first kappa shape index (κ1) is 23.3. The van der Waals surface area contributed by atoms with Crippen LogP contribution in [-0.4, -0.2) is 36.4 Å². The Hall–Kier alpha value is -3.03. The number of alkyl carbamates (subject to hydrolysis) is 1. The molecular formula is C22H31N3O5. The van der Waals surface area contributed by atoms with Crippen LogP contribution in [0.15, 0.2) is 28.8 Å². The molecule has 2 rings (SSSR count). The van der Waals surface area contributed by atoms with Crippen molar-refractivity contribution in [2.24, 2.45) is 5.92 Å². The molecule has 30 heavy (non-hydrogen) atoms.